The maximum Gasteiger partial charge on any atom is 0.0443 e. The zero-order valence-electron chi connectivity index (χ0n) is 9.01. The summed E-state index contributed by atoms with van der Waals surface area (Å²) < 4.78 is 0. The molecule has 0 saturated heterocycles. The SMILES string of the molecule is CC(C)(CNCCCO)c1ccc[nH]1. The highest BCUT2D eigenvalue weighted by molar-refractivity contribution is 5.15. The fraction of sp³-hybridized carbons (Fsp3) is 0.636. The maximum atomic E-state index is 8.63. The van der Waals surface area contributed by atoms with Crippen LogP contribution >= 0.6 is 0 Å². The van der Waals surface area contributed by atoms with Crippen LogP contribution in [0.2, 0.25) is 0 Å². The Morgan fingerprint density at radius 1 is 1.50 bits per heavy atom. The molecule has 0 fully saturated rings. The van der Waals surface area contributed by atoms with Crippen molar-refractivity contribution in [3.63, 3.8) is 0 Å². The van der Waals surface area contributed by atoms with E-state index in [1.807, 2.05) is 12.3 Å². The summed E-state index contributed by atoms with van der Waals surface area (Å²) >= 11 is 0. The van der Waals surface area contributed by atoms with Crippen molar-refractivity contribution in [3.8, 4) is 0 Å². The highest BCUT2D eigenvalue weighted by Gasteiger charge is 2.20. The molecule has 3 N–H and O–H groups in total. The Labute approximate surface area is 85.5 Å². The first-order chi connectivity index (χ1) is 6.67. The fourth-order valence-corrected chi connectivity index (χ4v) is 1.45. The Kier molecular flexibility index (Phi) is 4.17. The van der Waals surface area contributed by atoms with Gasteiger partial charge in [0, 0.05) is 30.5 Å². The van der Waals surface area contributed by atoms with Gasteiger partial charge in [-0.2, -0.15) is 0 Å². The molecule has 3 heteroatoms. The van der Waals surface area contributed by atoms with Crippen LogP contribution in [0.4, 0.5) is 0 Å². The second-order valence-corrected chi connectivity index (χ2v) is 4.22. The third-order valence-electron chi connectivity index (χ3n) is 2.41. The third kappa shape index (κ3) is 3.16. The molecule has 0 atom stereocenters. The van der Waals surface area contributed by atoms with E-state index in [0.717, 1.165) is 19.5 Å². The van der Waals surface area contributed by atoms with Crippen LogP contribution in [0.25, 0.3) is 0 Å². The molecule has 0 aliphatic heterocycles. The molecule has 80 valence electrons. The minimum atomic E-state index is 0.124. The summed E-state index contributed by atoms with van der Waals surface area (Å²) in [4.78, 5) is 3.23. The van der Waals surface area contributed by atoms with Crippen molar-refractivity contribution in [1.29, 1.82) is 0 Å². The number of aromatic nitrogens is 1. The van der Waals surface area contributed by atoms with Gasteiger partial charge in [-0.15, -0.1) is 0 Å². The summed E-state index contributed by atoms with van der Waals surface area (Å²) in [6.07, 6.45) is 2.77. The first kappa shape index (κ1) is 11.3. The van der Waals surface area contributed by atoms with E-state index in [9.17, 15) is 0 Å². The van der Waals surface area contributed by atoms with Gasteiger partial charge in [-0.05, 0) is 25.1 Å². The average molecular weight is 196 g/mol. The molecule has 0 radical (unpaired) electrons. The number of nitrogens with one attached hydrogen (secondary N) is 2. The van der Waals surface area contributed by atoms with Gasteiger partial charge in [-0.3, -0.25) is 0 Å². The normalized spacial score (nSPS) is 11.9. The number of rotatable bonds is 6. The smallest absolute Gasteiger partial charge is 0.0443 e. The second-order valence-electron chi connectivity index (χ2n) is 4.22. The Balaban J connectivity index is 2.35. The van der Waals surface area contributed by atoms with Gasteiger partial charge in [0.25, 0.3) is 0 Å². The molecule has 1 aromatic rings. The number of hydrogen-bond donors (Lipinski definition) is 3. The average Bonchev–Trinajstić information content (AvgIpc) is 2.65. The minimum absolute atomic E-state index is 0.124. The number of hydrogen-bond acceptors (Lipinski definition) is 2. The van der Waals surface area contributed by atoms with Gasteiger partial charge in [-0.1, -0.05) is 13.8 Å². The number of aliphatic hydroxyl groups is 1. The van der Waals surface area contributed by atoms with Crippen molar-refractivity contribution in [2.75, 3.05) is 19.7 Å². The van der Waals surface area contributed by atoms with E-state index < -0.39 is 0 Å². The molecule has 0 bridgehead atoms. The van der Waals surface area contributed by atoms with Gasteiger partial charge in [0.15, 0.2) is 0 Å². The molecule has 1 heterocycles. The van der Waals surface area contributed by atoms with Gasteiger partial charge < -0.3 is 15.4 Å². The van der Waals surface area contributed by atoms with E-state index in [1.165, 1.54) is 5.69 Å². The van der Waals surface area contributed by atoms with E-state index in [2.05, 4.69) is 30.2 Å². The molecule has 0 spiro atoms. The van der Waals surface area contributed by atoms with Crippen LogP contribution in [-0.4, -0.2) is 29.8 Å². The molecule has 3 nitrogen and oxygen atoms in total. The summed E-state index contributed by atoms with van der Waals surface area (Å²) in [6, 6.07) is 4.12. The van der Waals surface area contributed by atoms with E-state index in [1.54, 1.807) is 0 Å². The van der Waals surface area contributed by atoms with Crippen molar-refractivity contribution >= 4 is 0 Å². The Morgan fingerprint density at radius 2 is 2.29 bits per heavy atom. The molecular weight excluding hydrogens is 176 g/mol. The monoisotopic (exact) mass is 196 g/mol. The molecule has 0 aliphatic carbocycles. The summed E-state index contributed by atoms with van der Waals surface area (Å²) in [5.41, 5.74) is 1.37. The van der Waals surface area contributed by atoms with Crippen LogP contribution in [0.1, 0.15) is 26.0 Å². The van der Waals surface area contributed by atoms with Crippen molar-refractivity contribution in [2.24, 2.45) is 0 Å². The lowest BCUT2D eigenvalue weighted by Gasteiger charge is -2.23. The summed E-state index contributed by atoms with van der Waals surface area (Å²) in [7, 11) is 0. The first-order valence-electron chi connectivity index (χ1n) is 5.12. The lowest BCUT2D eigenvalue weighted by Crippen LogP contribution is -2.34. The number of aliphatic hydroxyl groups excluding tert-OH is 1. The number of H-pyrrole nitrogens is 1. The summed E-state index contributed by atoms with van der Waals surface area (Å²) in [6.45, 7) is 6.46. The molecular formula is C11H20N2O. The first-order valence-corrected chi connectivity index (χ1v) is 5.12. The molecule has 1 rings (SSSR count). The van der Waals surface area contributed by atoms with Gasteiger partial charge in [0.05, 0.1) is 0 Å². The Hall–Kier alpha value is -0.800. The molecule has 14 heavy (non-hydrogen) atoms. The molecule has 0 aliphatic rings. The van der Waals surface area contributed by atoms with Crippen LogP contribution in [0.3, 0.4) is 0 Å². The molecule has 0 unspecified atom stereocenters. The van der Waals surface area contributed by atoms with Crippen LogP contribution in [0, 0.1) is 0 Å². The van der Waals surface area contributed by atoms with Gasteiger partial charge >= 0.3 is 0 Å². The Morgan fingerprint density at radius 3 is 2.86 bits per heavy atom. The van der Waals surface area contributed by atoms with Crippen LogP contribution in [0.5, 0.6) is 0 Å². The van der Waals surface area contributed by atoms with Crippen LogP contribution in [-0.2, 0) is 5.41 Å². The summed E-state index contributed by atoms with van der Waals surface area (Å²) in [5.74, 6) is 0. The lowest BCUT2D eigenvalue weighted by molar-refractivity contribution is 0.284. The highest BCUT2D eigenvalue weighted by atomic mass is 16.3. The second kappa shape index (κ2) is 5.17. The van der Waals surface area contributed by atoms with E-state index in [4.69, 9.17) is 5.11 Å². The van der Waals surface area contributed by atoms with E-state index in [0.29, 0.717) is 0 Å². The van der Waals surface area contributed by atoms with Crippen molar-refractivity contribution < 1.29 is 5.11 Å². The van der Waals surface area contributed by atoms with Crippen LogP contribution in [0.15, 0.2) is 18.3 Å². The van der Waals surface area contributed by atoms with E-state index in [-0.39, 0.29) is 12.0 Å². The summed E-state index contributed by atoms with van der Waals surface area (Å²) in [5, 5.41) is 12.0. The van der Waals surface area contributed by atoms with E-state index >= 15 is 0 Å². The molecule has 0 amide bonds. The topological polar surface area (TPSA) is 48.0 Å². The maximum absolute atomic E-state index is 8.63. The van der Waals surface area contributed by atoms with Crippen LogP contribution < -0.4 is 5.32 Å². The van der Waals surface area contributed by atoms with Gasteiger partial charge in [0.1, 0.15) is 0 Å². The van der Waals surface area contributed by atoms with Crippen molar-refractivity contribution in [2.45, 2.75) is 25.7 Å². The zero-order valence-corrected chi connectivity index (χ0v) is 9.01. The molecule has 0 aromatic carbocycles. The highest BCUT2D eigenvalue weighted by Crippen LogP contribution is 2.19. The largest absolute Gasteiger partial charge is 0.396 e. The standard InChI is InChI=1S/C11H20N2O/c1-11(2,9-12-6-4-8-14)10-5-3-7-13-10/h3,5,7,12-14H,4,6,8-9H2,1-2H3. The Bertz CT molecular complexity index is 242. The third-order valence-corrected chi connectivity index (χ3v) is 2.41. The molecule has 1 aromatic heterocycles. The number of aromatic amines is 1. The minimum Gasteiger partial charge on any atom is -0.396 e. The van der Waals surface area contributed by atoms with Crippen molar-refractivity contribution in [1.82, 2.24) is 10.3 Å². The van der Waals surface area contributed by atoms with Crippen molar-refractivity contribution in [3.05, 3.63) is 24.0 Å². The van der Waals surface area contributed by atoms with Gasteiger partial charge in [0.2, 0.25) is 0 Å². The zero-order chi connectivity index (χ0) is 10.4. The fourth-order valence-electron chi connectivity index (χ4n) is 1.45. The predicted octanol–water partition coefficient (Wildman–Crippen LogP) is 1.26. The quantitative estimate of drug-likeness (QED) is 0.600. The van der Waals surface area contributed by atoms with Gasteiger partial charge in [-0.25, -0.2) is 0 Å². The lowest BCUT2D eigenvalue weighted by atomic mass is 9.89. The predicted molar refractivity (Wildman–Crippen MR) is 58.4 cm³/mol. The molecule has 0 saturated carbocycles.